The second-order valence-electron chi connectivity index (χ2n) is 4.26. The Hall–Kier alpha value is -1.36. The number of aromatic nitrogens is 1. The summed E-state index contributed by atoms with van der Waals surface area (Å²) in [7, 11) is 0. The summed E-state index contributed by atoms with van der Waals surface area (Å²) in [5, 5.41) is 7.85. The van der Waals surface area contributed by atoms with Gasteiger partial charge in [-0.25, -0.2) is 0 Å². The van der Waals surface area contributed by atoms with E-state index in [1.54, 1.807) is 30.6 Å². The summed E-state index contributed by atoms with van der Waals surface area (Å²) in [5.41, 5.74) is 1.80. The number of nitrogens with one attached hydrogen (secondary N) is 2. The normalized spacial score (nSPS) is 11.8. The molecule has 0 unspecified atom stereocenters. The number of benzene rings is 1. The van der Waals surface area contributed by atoms with Crippen LogP contribution in [-0.2, 0) is 0 Å². The van der Waals surface area contributed by atoms with Crippen molar-refractivity contribution in [2.75, 3.05) is 5.32 Å². The minimum absolute atomic E-state index is 0.0540. The monoisotopic (exact) mass is 325 g/mol. The van der Waals surface area contributed by atoms with Gasteiger partial charge in [0.2, 0.25) is 0 Å². The highest BCUT2D eigenvalue weighted by Gasteiger charge is 2.07. The van der Waals surface area contributed by atoms with Crippen molar-refractivity contribution in [2.45, 2.75) is 13.0 Å². The Kier molecular flexibility index (Phi) is 5.17. The van der Waals surface area contributed by atoms with E-state index in [2.05, 4.69) is 15.6 Å². The number of nitrogens with zero attached hydrogens (tertiary/aromatic N) is 1. The van der Waals surface area contributed by atoms with Gasteiger partial charge in [-0.2, -0.15) is 0 Å². The third-order valence-corrected chi connectivity index (χ3v) is 3.31. The van der Waals surface area contributed by atoms with Crippen LogP contribution in [0, 0.1) is 0 Å². The number of halogens is 2. The van der Waals surface area contributed by atoms with Crippen molar-refractivity contribution >= 4 is 46.2 Å². The smallest absolute Gasteiger partial charge is 0.171 e. The molecule has 0 bridgehead atoms. The van der Waals surface area contributed by atoms with Crippen molar-refractivity contribution in [1.29, 1.82) is 0 Å². The zero-order valence-electron chi connectivity index (χ0n) is 10.7. The molecular weight excluding hydrogens is 313 g/mol. The molecule has 6 heteroatoms. The number of hydrogen-bond donors (Lipinski definition) is 2. The van der Waals surface area contributed by atoms with Crippen molar-refractivity contribution in [1.82, 2.24) is 10.3 Å². The first-order chi connectivity index (χ1) is 9.54. The fourth-order valence-electron chi connectivity index (χ4n) is 1.71. The van der Waals surface area contributed by atoms with Crippen LogP contribution in [0.1, 0.15) is 18.5 Å². The highest BCUT2D eigenvalue weighted by Crippen LogP contribution is 2.22. The largest absolute Gasteiger partial charge is 0.356 e. The molecule has 0 aliphatic rings. The van der Waals surface area contributed by atoms with Gasteiger partial charge in [-0.1, -0.05) is 29.3 Å². The fraction of sp³-hybridized carbons (Fsp3) is 0.143. The van der Waals surface area contributed by atoms with Gasteiger partial charge in [-0.05, 0) is 49.0 Å². The molecule has 0 radical (unpaired) electrons. The molecule has 2 N–H and O–H groups in total. The van der Waals surface area contributed by atoms with Crippen LogP contribution in [0.15, 0.2) is 42.7 Å². The van der Waals surface area contributed by atoms with E-state index in [0.717, 1.165) is 11.3 Å². The molecule has 20 heavy (non-hydrogen) atoms. The molecule has 0 spiro atoms. The summed E-state index contributed by atoms with van der Waals surface area (Å²) in [6.07, 6.45) is 3.54. The lowest BCUT2D eigenvalue weighted by atomic mass is 10.1. The standard InChI is InChI=1S/C14H13Cl2N3S/c1-9(10-3-2-4-17-8-10)18-14(20)19-13-6-11(15)5-12(16)7-13/h2-9H,1H3,(H2,18,19,20)/t9-/m1/s1. The average molecular weight is 326 g/mol. The topological polar surface area (TPSA) is 37.0 Å². The number of pyridine rings is 1. The number of hydrogen-bond acceptors (Lipinski definition) is 2. The molecule has 104 valence electrons. The van der Waals surface area contributed by atoms with Crippen LogP contribution in [0.3, 0.4) is 0 Å². The van der Waals surface area contributed by atoms with E-state index in [1.807, 2.05) is 19.1 Å². The Labute approximate surface area is 133 Å². The van der Waals surface area contributed by atoms with E-state index in [0.29, 0.717) is 15.2 Å². The molecule has 1 heterocycles. The molecule has 1 atom stereocenters. The fourth-order valence-corrected chi connectivity index (χ4v) is 2.53. The quantitative estimate of drug-likeness (QED) is 0.818. The summed E-state index contributed by atoms with van der Waals surface area (Å²) in [6.45, 7) is 2.01. The van der Waals surface area contributed by atoms with Gasteiger partial charge < -0.3 is 10.6 Å². The van der Waals surface area contributed by atoms with Crippen LogP contribution < -0.4 is 10.6 Å². The van der Waals surface area contributed by atoms with Crippen LogP contribution >= 0.6 is 35.4 Å². The van der Waals surface area contributed by atoms with E-state index in [9.17, 15) is 0 Å². The van der Waals surface area contributed by atoms with Crippen molar-refractivity contribution in [3.63, 3.8) is 0 Å². The molecule has 2 aromatic rings. The summed E-state index contributed by atoms with van der Waals surface area (Å²) < 4.78 is 0. The zero-order chi connectivity index (χ0) is 14.5. The SMILES string of the molecule is C[C@@H](NC(=S)Nc1cc(Cl)cc(Cl)c1)c1cccnc1. The third-order valence-electron chi connectivity index (χ3n) is 2.65. The average Bonchev–Trinajstić information content (AvgIpc) is 2.38. The summed E-state index contributed by atoms with van der Waals surface area (Å²) >= 11 is 17.1. The second-order valence-corrected chi connectivity index (χ2v) is 5.55. The van der Waals surface area contributed by atoms with Gasteiger partial charge in [-0.15, -0.1) is 0 Å². The lowest BCUT2D eigenvalue weighted by molar-refractivity contribution is 0.718. The summed E-state index contributed by atoms with van der Waals surface area (Å²) in [5.74, 6) is 0. The van der Waals surface area contributed by atoms with Gasteiger partial charge >= 0.3 is 0 Å². The maximum Gasteiger partial charge on any atom is 0.171 e. The van der Waals surface area contributed by atoms with Crippen molar-refractivity contribution in [2.24, 2.45) is 0 Å². The van der Waals surface area contributed by atoms with Gasteiger partial charge in [0.15, 0.2) is 5.11 Å². The predicted octanol–water partition coefficient (Wildman–Crippen LogP) is 4.44. The van der Waals surface area contributed by atoms with E-state index in [1.165, 1.54) is 0 Å². The van der Waals surface area contributed by atoms with Crippen molar-refractivity contribution < 1.29 is 0 Å². The first-order valence-electron chi connectivity index (χ1n) is 5.98. The molecule has 2 rings (SSSR count). The Morgan fingerprint density at radius 2 is 1.95 bits per heavy atom. The molecule has 1 aromatic heterocycles. The number of thiocarbonyl (C=S) groups is 1. The van der Waals surface area contributed by atoms with Crippen LogP contribution in [0.2, 0.25) is 10.0 Å². The molecule has 1 aromatic carbocycles. The molecule has 0 aliphatic heterocycles. The van der Waals surface area contributed by atoms with E-state index >= 15 is 0 Å². The number of rotatable bonds is 3. The first kappa shape index (κ1) is 15.0. The lowest BCUT2D eigenvalue weighted by Crippen LogP contribution is -2.30. The first-order valence-corrected chi connectivity index (χ1v) is 7.14. The van der Waals surface area contributed by atoms with Crippen LogP contribution in [0.5, 0.6) is 0 Å². The Balaban J connectivity index is 1.99. The van der Waals surface area contributed by atoms with E-state index in [4.69, 9.17) is 35.4 Å². The zero-order valence-corrected chi connectivity index (χ0v) is 13.1. The van der Waals surface area contributed by atoms with Gasteiger partial charge in [0, 0.05) is 28.1 Å². The van der Waals surface area contributed by atoms with Crippen LogP contribution in [0.4, 0.5) is 5.69 Å². The summed E-state index contributed by atoms with van der Waals surface area (Å²) in [6, 6.07) is 9.12. The van der Waals surface area contributed by atoms with Gasteiger partial charge in [-0.3, -0.25) is 4.98 Å². The highest BCUT2D eigenvalue weighted by molar-refractivity contribution is 7.80. The lowest BCUT2D eigenvalue weighted by Gasteiger charge is -2.17. The molecule has 0 aliphatic carbocycles. The minimum atomic E-state index is 0.0540. The highest BCUT2D eigenvalue weighted by atomic mass is 35.5. The van der Waals surface area contributed by atoms with Gasteiger partial charge in [0.25, 0.3) is 0 Å². The van der Waals surface area contributed by atoms with Crippen LogP contribution in [0.25, 0.3) is 0 Å². The van der Waals surface area contributed by atoms with Gasteiger partial charge in [0.1, 0.15) is 0 Å². The summed E-state index contributed by atoms with van der Waals surface area (Å²) in [4.78, 5) is 4.08. The molecule has 0 fully saturated rings. The van der Waals surface area contributed by atoms with Crippen LogP contribution in [-0.4, -0.2) is 10.1 Å². The molecule has 3 nitrogen and oxygen atoms in total. The molecule has 0 saturated carbocycles. The van der Waals surface area contributed by atoms with Gasteiger partial charge in [0.05, 0.1) is 6.04 Å². The Morgan fingerprint density at radius 1 is 1.25 bits per heavy atom. The molecule has 0 amide bonds. The second kappa shape index (κ2) is 6.88. The Bertz CT molecular complexity index is 584. The maximum atomic E-state index is 5.94. The third kappa shape index (κ3) is 4.34. The Morgan fingerprint density at radius 3 is 2.55 bits per heavy atom. The predicted molar refractivity (Wildman–Crippen MR) is 88.5 cm³/mol. The van der Waals surface area contributed by atoms with E-state index < -0.39 is 0 Å². The molecular formula is C14H13Cl2N3S. The minimum Gasteiger partial charge on any atom is -0.356 e. The van der Waals surface area contributed by atoms with E-state index in [-0.39, 0.29) is 6.04 Å². The van der Waals surface area contributed by atoms with Crippen molar-refractivity contribution in [3.05, 3.63) is 58.3 Å². The molecule has 0 saturated heterocycles. The number of anilines is 1. The maximum absolute atomic E-state index is 5.94. The van der Waals surface area contributed by atoms with Crippen molar-refractivity contribution in [3.8, 4) is 0 Å².